The Morgan fingerprint density at radius 1 is 1.31 bits per heavy atom. The van der Waals surface area contributed by atoms with Gasteiger partial charge in [-0.3, -0.25) is 5.41 Å². The Kier molecular flexibility index (Phi) is 3.13. The molecule has 0 bridgehead atoms. The highest BCUT2D eigenvalue weighted by atomic mass is 15.1. The van der Waals surface area contributed by atoms with Crippen molar-refractivity contribution in [2.24, 2.45) is 10.2 Å². The highest BCUT2D eigenvalue weighted by molar-refractivity contribution is 5.59. The van der Waals surface area contributed by atoms with Gasteiger partial charge in [-0.25, -0.2) is 0 Å². The van der Waals surface area contributed by atoms with Crippen molar-refractivity contribution in [3.8, 4) is 6.07 Å². The fraction of sp³-hybridized carbons (Fsp3) is 0. The molecular formula is C9H6N4. The van der Waals surface area contributed by atoms with Crippen molar-refractivity contribution >= 4 is 11.6 Å². The van der Waals surface area contributed by atoms with E-state index in [0.29, 0.717) is 5.69 Å². The van der Waals surface area contributed by atoms with E-state index < -0.39 is 0 Å². The standard InChI is InChI=1S/C9H6N4/c10-6-9(7-11)13-12-8-4-2-1-3-5-8/h1-5,10H. The predicted molar refractivity (Wildman–Crippen MR) is 47.8 cm³/mol. The Balaban J connectivity index is 2.82. The molecule has 1 rings (SSSR count). The van der Waals surface area contributed by atoms with Crippen LogP contribution in [-0.2, 0) is 0 Å². The first-order chi connectivity index (χ1) is 6.36. The van der Waals surface area contributed by atoms with Gasteiger partial charge >= 0.3 is 0 Å². The van der Waals surface area contributed by atoms with Gasteiger partial charge in [0.1, 0.15) is 6.07 Å². The van der Waals surface area contributed by atoms with Gasteiger partial charge in [0.05, 0.1) is 5.69 Å². The minimum Gasteiger partial charge on any atom is -0.256 e. The van der Waals surface area contributed by atoms with E-state index in [1.54, 1.807) is 18.2 Å². The first-order valence-corrected chi connectivity index (χ1v) is 3.53. The minimum atomic E-state index is -0.135. The van der Waals surface area contributed by atoms with Gasteiger partial charge in [0.25, 0.3) is 0 Å². The number of hydrogen-bond acceptors (Lipinski definition) is 4. The molecule has 0 saturated heterocycles. The molecule has 1 aromatic carbocycles. The third-order valence-corrected chi connectivity index (χ3v) is 1.25. The van der Waals surface area contributed by atoms with Gasteiger partial charge in [-0.15, -0.1) is 10.2 Å². The molecule has 1 aromatic rings. The molecule has 0 aromatic heterocycles. The topological polar surface area (TPSA) is 72.4 Å². The molecule has 0 unspecified atom stereocenters. The van der Waals surface area contributed by atoms with E-state index in [-0.39, 0.29) is 5.70 Å². The second kappa shape index (κ2) is 4.60. The summed E-state index contributed by atoms with van der Waals surface area (Å²) in [4.78, 5) is 0. The third-order valence-electron chi connectivity index (χ3n) is 1.25. The van der Waals surface area contributed by atoms with E-state index in [0.717, 1.165) is 0 Å². The van der Waals surface area contributed by atoms with Gasteiger partial charge in [0.2, 0.25) is 5.70 Å². The number of benzene rings is 1. The largest absolute Gasteiger partial charge is 0.256 e. The van der Waals surface area contributed by atoms with Crippen LogP contribution in [0.1, 0.15) is 0 Å². The molecule has 0 fully saturated rings. The van der Waals surface area contributed by atoms with Crippen LogP contribution in [0.15, 0.2) is 46.3 Å². The highest BCUT2D eigenvalue weighted by Gasteiger charge is 1.89. The van der Waals surface area contributed by atoms with Gasteiger partial charge < -0.3 is 0 Å². The quantitative estimate of drug-likeness (QED) is 0.413. The molecular weight excluding hydrogens is 164 g/mol. The van der Waals surface area contributed by atoms with Crippen LogP contribution in [0.5, 0.6) is 0 Å². The summed E-state index contributed by atoms with van der Waals surface area (Å²) in [5.41, 5.74) is 0.509. The van der Waals surface area contributed by atoms with Gasteiger partial charge in [-0.1, -0.05) is 18.2 Å². The molecule has 0 aliphatic carbocycles. The Bertz CT molecular complexity index is 393. The number of allylic oxidation sites excluding steroid dienone is 1. The van der Waals surface area contributed by atoms with Crippen molar-refractivity contribution in [2.75, 3.05) is 0 Å². The van der Waals surface area contributed by atoms with E-state index in [1.165, 1.54) is 0 Å². The lowest BCUT2D eigenvalue weighted by Crippen LogP contribution is -1.69. The third kappa shape index (κ3) is 2.70. The van der Waals surface area contributed by atoms with Crippen molar-refractivity contribution in [1.29, 1.82) is 10.7 Å². The maximum atomic E-state index is 8.38. The zero-order chi connectivity index (χ0) is 9.52. The van der Waals surface area contributed by atoms with Crippen LogP contribution in [0.3, 0.4) is 0 Å². The summed E-state index contributed by atoms with van der Waals surface area (Å²) in [6.45, 7) is 0. The Morgan fingerprint density at radius 2 is 2.00 bits per heavy atom. The fourth-order valence-electron chi connectivity index (χ4n) is 0.678. The zero-order valence-electron chi connectivity index (χ0n) is 6.73. The van der Waals surface area contributed by atoms with E-state index in [2.05, 4.69) is 10.2 Å². The second-order valence-electron chi connectivity index (χ2n) is 2.12. The van der Waals surface area contributed by atoms with Gasteiger partial charge in [-0.05, 0) is 12.1 Å². The zero-order valence-corrected chi connectivity index (χ0v) is 6.73. The molecule has 4 nitrogen and oxygen atoms in total. The van der Waals surface area contributed by atoms with E-state index in [4.69, 9.17) is 10.7 Å². The average molecular weight is 170 g/mol. The molecule has 0 heterocycles. The lowest BCUT2D eigenvalue weighted by Gasteiger charge is -1.87. The van der Waals surface area contributed by atoms with Crippen molar-refractivity contribution in [1.82, 2.24) is 0 Å². The Morgan fingerprint density at radius 3 is 2.54 bits per heavy atom. The van der Waals surface area contributed by atoms with Crippen LogP contribution in [-0.4, -0.2) is 5.87 Å². The average Bonchev–Trinajstić information content (AvgIpc) is 2.21. The SMILES string of the molecule is N#CC(=C=N)N=Nc1ccccc1. The lowest BCUT2D eigenvalue weighted by atomic mass is 10.3. The molecule has 62 valence electrons. The van der Waals surface area contributed by atoms with E-state index in [1.807, 2.05) is 24.1 Å². The second-order valence-corrected chi connectivity index (χ2v) is 2.12. The maximum Gasteiger partial charge on any atom is 0.223 e. The molecule has 0 aliphatic heterocycles. The van der Waals surface area contributed by atoms with Gasteiger partial charge in [0.15, 0.2) is 0 Å². The molecule has 0 spiro atoms. The highest BCUT2D eigenvalue weighted by Crippen LogP contribution is 2.10. The van der Waals surface area contributed by atoms with Crippen LogP contribution in [0.2, 0.25) is 0 Å². The van der Waals surface area contributed by atoms with Crippen molar-refractivity contribution in [3.05, 3.63) is 36.0 Å². The number of nitrogens with one attached hydrogen (secondary N) is 1. The molecule has 4 heteroatoms. The predicted octanol–water partition coefficient (Wildman–Crippen LogP) is 2.43. The summed E-state index contributed by atoms with van der Waals surface area (Å²) in [5, 5.41) is 22.3. The van der Waals surface area contributed by atoms with Crippen molar-refractivity contribution in [2.45, 2.75) is 0 Å². The maximum absolute atomic E-state index is 8.38. The van der Waals surface area contributed by atoms with Gasteiger partial charge in [0, 0.05) is 5.87 Å². The number of hydrogen-bond donors (Lipinski definition) is 1. The monoisotopic (exact) mass is 170 g/mol. The lowest BCUT2D eigenvalue weighted by molar-refractivity contribution is 1.19. The number of azo groups is 1. The number of rotatable bonds is 2. The minimum absolute atomic E-state index is 0.135. The molecule has 0 radical (unpaired) electrons. The summed E-state index contributed by atoms with van der Waals surface area (Å²) in [6.07, 6.45) is 0. The molecule has 0 atom stereocenters. The summed E-state index contributed by atoms with van der Waals surface area (Å²) in [7, 11) is 0. The van der Waals surface area contributed by atoms with Crippen LogP contribution in [0, 0.1) is 16.7 Å². The van der Waals surface area contributed by atoms with Crippen molar-refractivity contribution < 1.29 is 0 Å². The molecule has 0 aliphatic rings. The van der Waals surface area contributed by atoms with Crippen molar-refractivity contribution in [3.63, 3.8) is 0 Å². The fourth-order valence-corrected chi connectivity index (χ4v) is 0.678. The summed E-state index contributed by atoms with van der Waals surface area (Å²) in [5.74, 6) is 1.87. The Labute approximate surface area is 75.4 Å². The Hall–Kier alpha value is -2.24. The smallest absolute Gasteiger partial charge is 0.223 e. The van der Waals surface area contributed by atoms with Crippen LogP contribution < -0.4 is 0 Å². The van der Waals surface area contributed by atoms with E-state index >= 15 is 0 Å². The van der Waals surface area contributed by atoms with Gasteiger partial charge in [-0.2, -0.15) is 5.26 Å². The summed E-state index contributed by atoms with van der Waals surface area (Å²) in [6, 6.07) is 10.7. The molecule has 0 saturated carbocycles. The van der Waals surface area contributed by atoms with Crippen LogP contribution >= 0.6 is 0 Å². The van der Waals surface area contributed by atoms with Crippen LogP contribution in [0.4, 0.5) is 5.69 Å². The number of nitriles is 1. The molecule has 0 amide bonds. The summed E-state index contributed by atoms with van der Waals surface area (Å²) >= 11 is 0. The van der Waals surface area contributed by atoms with Crippen LogP contribution in [0.25, 0.3) is 0 Å². The number of nitrogens with zero attached hydrogens (tertiary/aromatic N) is 3. The normalized spacial score (nSPS) is 9.15. The molecule has 1 N–H and O–H groups in total. The molecule has 13 heavy (non-hydrogen) atoms. The first kappa shape index (κ1) is 8.85. The van der Waals surface area contributed by atoms with E-state index in [9.17, 15) is 0 Å². The summed E-state index contributed by atoms with van der Waals surface area (Å²) < 4.78 is 0. The first-order valence-electron chi connectivity index (χ1n) is 3.53.